The molecule has 2 bridgehead atoms. The third kappa shape index (κ3) is 3.51. The molecule has 0 spiro atoms. The normalized spacial score (nSPS) is 22.9. The molecule has 1 saturated heterocycles. The molecular formula is C21H22BrNO2. The van der Waals surface area contributed by atoms with Gasteiger partial charge in [0, 0.05) is 23.6 Å². The summed E-state index contributed by atoms with van der Waals surface area (Å²) in [4.78, 5) is 13.8. The highest BCUT2D eigenvalue weighted by Crippen LogP contribution is 2.33. The van der Waals surface area contributed by atoms with Crippen LogP contribution in [0.5, 0.6) is 0 Å². The monoisotopic (exact) mass is 399 g/mol. The molecule has 2 aliphatic heterocycles. The lowest BCUT2D eigenvalue weighted by Gasteiger charge is -2.42. The number of carbonyl (C=O) groups is 1. The average Bonchev–Trinajstić information content (AvgIpc) is 2.55. The predicted molar refractivity (Wildman–Crippen MR) is 102 cm³/mol. The molecule has 0 radical (unpaired) electrons. The highest BCUT2D eigenvalue weighted by atomic mass is 79.9. The van der Waals surface area contributed by atoms with Gasteiger partial charge in [-0.05, 0) is 76.4 Å². The first-order valence-corrected chi connectivity index (χ1v) is 9.72. The molecule has 1 fully saturated rings. The van der Waals surface area contributed by atoms with Gasteiger partial charge in [0.2, 0.25) is 0 Å². The van der Waals surface area contributed by atoms with Gasteiger partial charge in [-0.1, -0.05) is 30.3 Å². The maximum Gasteiger partial charge on any atom is 0.336 e. The van der Waals surface area contributed by atoms with E-state index in [1.54, 1.807) is 6.07 Å². The maximum atomic E-state index is 11.2. The maximum absolute atomic E-state index is 11.2. The number of benzene rings is 2. The summed E-state index contributed by atoms with van der Waals surface area (Å²) in [5, 5.41) is 9.18. The van der Waals surface area contributed by atoms with Gasteiger partial charge in [-0.3, -0.25) is 4.90 Å². The van der Waals surface area contributed by atoms with E-state index in [0.717, 1.165) is 25.4 Å². The van der Waals surface area contributed by atoms with Crippen LogP contribution in [-0.2, 0) is 19.4 Å². The molecule has 4 heteroatoms. The SMILES string of the molecule is O=C(O)c1ccc(CN2C[C@H]3CC[C@@H]2Cc2ccccc2C3)cc1Br. The molecule has 1 aliphatic carbocycles. The van der Waals surface area contributed by atoms with Crippen molar-refractivity contribution >= 4 is 21.9 Å². The van der Waals surface area contributed by atoms with Crippen molar-refractivity contribution in [2.45, 2.75) is 38.3 Å². The molecule has 2 heterocycles. The number of hydrogen-bond donors (Lipinski definition) is 1. The van der Waals surface area contributed by atoms with E-state index in [1.807, 2.05) is 12.1 Å². The van der Waals surface area contributed by atoms with E-state index in [2.05, 4.69) is 45.1 Å². The molecular weight excluding hydrogens is 378 g/mol. The molecule has 2 atom stereocenters. The Labute approximate surface area is 156 Å². The molecule has 2 aromatic rings. The second-order valence-corrected chi connectivity index (χ2v) is 8.18. The van der Waals surface area contributed by atoms with E-state index in [-0.39, 0.29) is 0 Å². The molecule has 25 heavy (non-hydrogen) atoms. The molecule has 0 amide bonds. The molecule has 130 valence electrons. The smallest absolute Gasteiger partial charge is 0.336 e. The fourth-order valence-corrected chi connectivity index (χ4v) is 4.96. The Bertz CT molecular complexity index is 804. The highest BCUT2D eigenvalue weighted by Gasteiger charge is 2.31. The van der Waals surface area contributed by atoms with Crippen LogP contribution in [-0.4, -0.2) is 28.6 Å². The van der Waals surface area contributed by atoms with Crippen LogP contribution in [0.3, 0.4) is 0 Å². The largest absolute Gasteiger partial charge is 0.478 e. The predicted octanol–water partition coefficient (Wildman–Crippen LogP) is 4.53. The Hall–Kier alpha value is -1.65. The Morgan fingerprint density at radius 1 is 1.12 bits per heavy atom. The van der Waals surface area contributed by atoms with Gasteiger partial charge in [0.1, 0.15) is 0 Å². The third-order valence-corrected chi connectivity index (χ3v) is 6.31. The summed E-state index contributed by atoms with van der Waals surface area (Å²) in [5.41, 5.74) is 4.54. The van der Waals surface area contributed by atoms with Gasteiger partial charge < -0.3 is 5.11 Å². The van der Waals surface area contributed by atoms with Crippen LogP contribution in [0, 0.1) is 5.92 Å². The average molecular weight is 400 g/mol. The Morgan fingerprint density at radius 2 is 1.88 bits per heavy atom. The summed E-state index contributed by atoms with van der Waals surface area (Å²) in [7, 11) is 0. The first-order valence-electron chi connectivity index (χ1n) is 8.92. The molecule has 0 aromatic heterocycles. The minimum Gasteiger partial charge on any atom is -0.478 e. The van der Waals surface area contributed by atoms with E-state index < -0.39 is 5.97 Å². The zero-order valence-corrected chi connectivity index (χ0v) is 15.7. The lowest BCUT2D eigenvalue weighted by Crippen LogP contribution is -2.46. The van der Waals surface area contributed by atoms with Crippen LogP contribution in [0.2, 0.25) is 0 Å². The lowest BCUT2D eigenvalue weighted by atomic mass is 9.80. The highest BCUT2D eigenvalue weighted by molar-refractivity contribution is 9.10. The second kappa shape index (κ2) is 6.93. The lowest BCUT2D eigenvalue weighted by molar-refractivity contribution is 0.0695. The first kappa shape index (κ1) is 16.8. The van der Waals surface area contributed by atoms with Gasteiger partial charge in [-0.15, -0.1) is 0 Å². The van der Waals surface area contributed by atoms with E-state index in [9.17, 15) is 9.90 Å². The zero-order chi connectivity index (χ0) is 17.4. The minimum atomic E-state index is -0.889. The summed E-state index contributed by atoms with van der Waals surface area (Å²) in [6, 6.07) is 15.1. The second-order valence-electron chi connectivity index (χ2n) is 7.32. The van der Waals surface area contributed by atoms with Gasteiger partial charge in [-0.25, -0.2) is 4.79 Å². The number of piperidine rings is 1. The van der Waals surface area contributed by atoms with Crippen molar-refractivity contribution < 1.29 is 9.90 Å². The van der Waals surface area contributed by atoms with E-state index in [4.69, 9.17) is 0 Å². The number of halogens is 1. The zero-order valence-electron chi connectivity index (χ0n) is 14.1. The number of carboxylic acid groups (broad SMARTS) is 1. The Balaban J connectivity index is 1.56. The molecule has 0 saturated carbocycles. The topological polar surface area (TPSA) is 40.5 Å². The van der Waals surface area contributed by atoms with Crippen LogP contribution >= 0.6 is 15.9 Å². The van der Waals surface area contributed by atoms with Crippen LogP contribution in [0.1, 0.15) is 39.9 Å². The number of aromatic carboxylic acids is 1. The van der Waals surface area contributed by atoms with Crippen LogP contribution in [0.25, 0.3) is 0 Å². The molecule has 3 nitrogen and oxygen atoms in total. The molecule has 1 N–H and O–H groups in total. The van der Waals surface area contributed by atoms with Crippen molar-refractivity contribution in [2.24, 2.45) is 5.92 Å². The molecule has 3 aliphatic rings. The number of nitrogens with zero attached hydrogens (tertiary/aromatic N) is 1. The van der Waals surface area contributed by atoms with Crippen molar-refractivity contribution in [1.29, 1.82) is 0 Å². The quantitative estimate of drug-likeness (QED) is 0.823. The molecule has 5 rings (SSSR count). The molecule has 0 unspecified atom stereocenters. The van der Waals surface area contributed by atoms with Gasteiger partial charge >= 0.3 is 5.97 Å². The summed E-state index contributed by atoms with van der Waals surface area (Å²) >= 11 is 3.40. The van der Waals surface area contributed by atoms with Crippen molar-refractivity contribution in [2.75, 3.05) is 6.54 Å². The summed E-state index contributed by atoms with van der Waals surface area (Å²) in [6.45, 7) is 2.03. The van der Waals surface area contributed by atoms with E-state index >= 15 is 0 Å². The van der Waals surface area contributed by atoms with E-state index in [1.165, 1.54) is 36.0 Å². The Morgan fingerprint density at radius 3 is 2.60 bits per heavy atom. The number of fused-ring (bicyclic) bond motifs is 2. The van der Waals surface area contributed by atoms with E-state index in [0.29, 0.717) is 16.1 Å². The van der Waals surface area contributed by atoms with Gasteiger partial charge in [0.05, 0.1) is 5.56 Å². The van der Waals surface area contributed by atoms with Crippen molar-refractivity contribution in [3.63, 3.8) is 0 Å². The number of hydrogen-bond acceptors (Lipinski definition) is 2. The minimum absolute atomic E-state index is 0.326. The van der Waals surface area contributed by atoms with Crippen molar-refractivity contribution in [3.8, 4) is 0 Å². The van der Waals surface area contributed by atoms with Crippen LogP contribution in [0.15, 0.2) is 46.9 Å². The summed E-state index contributed by atoms with van der Waals surface area (Å²) in [6.07, 6.45) is 4.88. The van der Waals surface area contributed by atoms with Gasteiger partial charge in [0.15, 0.2) is 0 Å². The van der Waals surface area contributed by atoms with Crippen LogP contribution in [0.4, 0.5) is 0 Å². The number of rotatable bonds is 3. The third-order valence-electron chi connectivity index (χ3n) is 5.65. The van der Waals surface area contributed by atoms with Crippen molar-refractivity contribution in [3.05, 3.63) is 69.2 Å². The van der Waals surface area contributed by atoms with Gasteiger partial charge in [-0.2, -0.15) is 0 Å². The molecule has 2 aromatic carbocycles. The van der Waals surface area contributed by atoms with Crippen LogP contribution < -0.4 is 0 Å². The fraction of sp³-hybridized carbons (Fsp3) is 0.381. The fourth-order valence-electron chi connectivity index (χ4n) is 4.36. The summed E-state index contributed by atoms with van der Waals surface area (Å²) in [5.74, 6) is -0.167. The standard InChI is InChI=1S/C21H22BrNO2/c22-20-10-15(6-8-19(20)21(24)25)13-23-12-14-5-7-18(23)11-17-4-2-1-3-16(17)9-14/h1-4,6,8,10,14,18H,5,7,9,11-13H2,(H,24,25)/t14-,18+/m0/s1. The number of carboxylic acids is 1. The first-order chi connectivity index (χ1) is 12.1. The Kier molecular flexibility index (Phi) is 4.65. The summed E-state index contributed by atoms with van der Waals surface area (Å²) < 4.78 is 0.667. The van der Waals surface area contributed by atoms with Gasteiger partial charge in [0.25, 0.3) is 0 Å². The van der Waals surface area contributed by atoms with Crippen molar-refractivity contribution in [1.82, 2.24) is 4.90 Å².